The molecule has 2 heterocycles. The number of likely N-dealkylation sites (N-methyl/N-ethyl adjacent to an activating group) is 1. The average molecular weight is 245 g/mol. The van der Waals surface area contributed by atoms with Crippen LogP contribution in [0.25, 0.3) is 11.0 Å². The third-order valence-corrected chi connectivity index (χ3v) is 3.58. The zero-order valence-corrected chi connectivity index (χ0v) is 10.2. The highest BCUT2D eigenvalue weighted by molar-refractivity contribution is 6.01. The first kappa shape index (κ1) is 11.2. The zero-order chi connectivity index (χ0) is 12.7. The predicted octanol–water partition coefficient (Wildman–Crippen LogP) is 1.61. The Morgan fingerprint density at radius 3 is 3.00 bits per heavy atom. The second-order valence-electron chi connectivity index (χ2n) is 4.84. The maximum atomic E-state index is 11.3. The lowest BCUT2D eigenvalue weighted by atomic mass is 10.1. The van der Waals surface area contributed by atoms with E-state index in [9.17, 15) is 9.90 Å². The van der Waals surface area contributed by atoms with Gasteiger partial charge in [0, 0.05) is 12.6 Å². The van der Waals surface area contributed by atoms with Crippen molar-refractivity contribution in [2.75, 3.05) is 20.1 Å². The van der Waals surface area contributed by atoms with E-state index in [-0.39, 0.29) is 0 Å². The summed E-state index contributed by atoms with van der Waals surface area (Å²) in [5.41, 5.74) is 1.83. The Morgan fingerprint density at radius 1 is 1.50 bits per heavy atom. The first-order valence-corrected chi connectivity index (χ1v) is 6.04. The molecule has 1 atom stereocenters. The summed E-state index contributed by atoms with van der Waals surface area (Å²) in [5.74, 6) is -0.895. The molecule has 1 fully saturated rings. The van der Waals surface area contributed by atoms with Gasteiger partial charge in [0.05, 0.1) is 22.9 Å². The van der Waals surface area contributed by atoms with Crippen molar-refractivity contribution in [3.05, 3.63) is 30.1 Å². The van der Waals surface area contributed by atoms with Crippen LogP contribution in [-0.4, -0.2) is 45.7 Å². The largest absolute Gasteiger partial charge is 0.478 e. The van der Waals surface area contributed by atoms with Crippen LogP contribution in [0.2, 0.25) is 0 Å². The van der Waals surface area contributed by atoms with E-state index >= 15 is 0 Å². The fourth-order valence-corrected chi connectivity index (χ4v) is 2.68. The Kier molecular flexibility index (Phi) is 2.56. The normalized spacial score (nSPS) is 20.6. The van der Waals surface area contributed by atoms with Gasteiger partial charge >= 0.3 is 5.97 Å². The number of hydrogen-bond acceptors (Lipinski definition) is 3. The molecule has 0 radical (unpaired) electrons. The van der Waals surface area contributed by atoms with Crippen LogP contribution < -0.4 is 0 Å². The first-order chi connectivity index (χ1) is 8.66. The minimum atomic E-state index is -0.895. The lowest BCUT2D eigenvalue weighted by Gasteiger charge is -2.14. The van der Waals surface area contributed by atoms with Crippen LogP contribution in [0.4, 0.5) is 0 Å². The van der Waals surface area contributed by atoms with Crippen LogP contribution in [0.3, 0.4) is 0 Å². The van der Waals surface area contributed by atoms with Crippen LogP contribution in [0.5, 0.6) is 0 Å². The SMILES string of the molecule is CN1CCC(n2cnc3cccc(C(=O)O)c32)C1. The van der Waals surface area contributed by atoms with Gasteiger partial charge in [-0.15, -0.1) is 0 Å². The number of carboxylic acid groups (broad SMARTS) is 1. The summed E-state index contributed by atoms with van der Waals surface area (Å²) in [6.07, 6.45) is 2.80. The molecule has 1 N–H and O–H groups in total. The summed E-state index contributed by atoms with van der Waals surface area (Å²) in [6, 6.07) is 5.56. The molecule has 0 spiro atoms. The van der Waals surface area contributed by atoms with Crippen LogP contribution in [0.15, 0.2) is 24.5 Å². The molecule has 3 rings (SSSR count). The van der Waals surface area contributed by atoms with Gasteiger partial charge in [0.1, 0.15) is 0 Å². The molecule has 5 heteroatoms. The highest BCUT2D eigenvalue weighted by Gasteiger charge is 2.24. The van der Waals surface area contributed by atoms with Crippen molar-refractivity contribution in [2.24, 2.45) is 0 Å². The van der Waals surface area contributed by atoms with E-state index in [1.807, 2.05) is 10.6 Å². The number of hydrogen-bond donors (Lipinski definition) is 1. The summed E-state index contributed by atoms with van der Waals surface area (Å²) < 4.78 is 2.02. The van der Waals surface area contributed by atoms with Gasteiger partial charge in [0.2, 0.25) is 0 Å². The Morgan fingerprint density at radius 2 is 2.33 bits per heavy atom. The van der Waals surface area contributed by atoms with Gasteiger partial charge in [-0.05, 0) is 32.1 Å². The number of fused-ring (bicyclic) bond motifs is 1. The second-order valence-corrected chi connectivity index (χ2v) is 4.84. The minimum Gasteiger partial charge on any atom is -0.478 e. The average Bonchev–Trinajstić information content (AvgIpc) is 2.94. The fourth-order valence-electron chi connectivity index (χ4n) is 2.68. The molecular formula is C13H15N3O2. The van der Waals surface area contributed by atoms with E-state index in [1.165, 1.54) is 0 Å². The van der Waals surface area contributed by atoms with Crippen LogP contribution in [0.1, 0.15) is 22.8 Å². The molecular weight excluding hydrogens is 230 g/mol. The van der Waals surface area contributed by atoms with Gasteiger partial charge in [0.15, 0.2) is 0 Å². The molecule has 2 aromatic rings. The summed E-state index contributed by atoms with van der Waals surface area (Å²) in [6.45, 7) is 1.99. The molecule has 1 aliphatic heterocycles. The number of imidazole rings is 1. The van der Waals surface area contributed by atoms with E-state index in [4.69, 9.17) is 0 Å². The number of carbonyl (C=O) groups is 1. The molecule has 18 heavy (non-hydrogen) atoms. The van der Waals surface area contributed by atoms with Crippen molar-refractivity contribution in [1.29, 1.82) is 0 Å². The van der Waals surface area contributed by atoms with Crippen LogP contribution in [0, 0.1) is 0 Å². The van der Waals surface area contributed by atoms with Crippen molar-refractivity contribution in [1.82, 2.24) is 14.5 Å². The number of nitrogens with zero attached hydrogens (tertiary/aromatic N) is 3. The lowest BCUT2D eigenvalue weighted by molar-refractivity contribution is 0.0698. The molecule has 1 aromatic carbocycles. The Labute approximate surface area is 105 Å². The number of rotatable bonds is 2. The molecule has 0 saturated carbocycles. The molecule has 0 aliphatic carbocycles. The molecule has 94 valence electrons. The number of para-hydroxylation sites is 1. The zero-order valence-electron chi connectivity index (χ0n) is 10.2. The molecule has 0 bridgehead atoms. The van der Waals surface area contributed by atoms with Gasteiger partial charge < -0.3 is 14.6 Å². The summed E-state index contributed by atoms with van der Waals surface area (Å²) in [7, 11) is 2.08. The van der Waals surface area contributed by atoms with Crippen LogP contribution >= 0.6 is 0 Å². The van der Waals surface area contributed by atoms with E-state index in [0.29, 0.717) is 11.6 Å². The maximum absolute atomic E-state index is 11.3. The molecule has 1 saturated heterocycles. The summed E-state index contributed by atoms with van der Waals surface area (Å²) in [5, 5.41) is 9.27. The lowest BCUT2D eigenvalue weighted by Crippen LogP contribution is -2.16. The van der Waals surface area contributed by atoms with Crippen molar-refractivity contribution in [3.8, 4) is 0 Å². The second kappa shape index (κ2) is 4.10. The monoisotopic (exact) mass is 245 g/mol. The number of carboxylic acids is 1. The number of aromatic carboxylic acids is 1. The van der Waals surface area contributed by atoms with Gasteiger partial charge in [-0.1, -0.05) is 6.07 Å². The van der Waals surface area contributed by atoms with E-state index < -0.39 is 5.97 Å². The standard InChI is InChI=1S/C13H15N3O2/c1-15-6-5-9(7-15)16-8-14-11-4-2-3-10(12(11)16)13(17)18/h2-4,8-9H,5-7H2,1H3,(H,17,18). The number of aromatic nitrogens is 2. The van der Waals surface area contributed by atoms with E-state index in [1.54, 1.807) is 18.5 Å². The molecule has 1 unspecified atom stereocenters. The van der Waals surface area contributed by atoms with Crippen molar-refractivity contribution in [3.63, 3.8) is 0 Å². The Hall–Kier alpha value is -1.88. The van der Waals surface area contributed by atoms with Crippen molar-refractivity contribution in [2.45, 2.75) is 12.5 Å². The van der Waals surface area contributed by atoms with Gasteiger partial charge in [0.25, 0.3) is 0 Å². The molecule has 1 aliphatic rings. The third kappa shape index (κ3) is 1.67. The van der Waals surface area contributed by atoms with Crippen molar-refractivity contribution >= 4 is 17.0 Å². The highest BCUT2D eigenvalue weighted by atomic mass is 16.4. The minimum absolute atomic E-state index is 0.320. The summed E-state index contributed by atoms with van der Waals surface area (Å²) in [4.78, 5) is 17.9. The Balaban J connectivity index is 2.15. The molecule has 5 nitrogen and oxygen atoms in total. The van der Waals surface area contributed by atoms with Crippen LogP contribution in [-0.2, 0) is 0 Å². The van der Waals surface area contributed by atoms with E-state index in [0.717, 1.165) is 30.5 Å². The third-order valence-electron chi connectivity index (χ3n) is 3.58. The van der Waals surface area contributed by atoms with E-state index in [2.05, 4.69) is 16.9 Å². The van der Waals surface area contributed by atoms with Gasteiger partial charge in [-0.2, -0.15) is 0 Å². The maximum Gasteiger partial charge on any atom is 0.337 e. The quantitative estimate of drug-likeness (QED) is 0.873. The first-order valence-electron chi connectivity index (χ1n) is 6.04. The fraction of sp³-hybridized carbons (Fsp3) is 0.385. The van der Waals surface area contributed by atoms with Gasteiger partial charge in [-0.3, -0.25) is 0 Å². The topological polar surface area (TPSA) is 58.4 Å². The highest BCUT2D eigenvalue weighted by Crippen LogP contribution is 2.27. The Bertz CT molecular complexity index is 605. The van der Waals surface area contributed by atoms with Gasteiger partial charge in [-0.25, -0.2) is 9.78 Å². The van der Waals surface area contributed by atoms with Crippen molar-refractivity contribution < 1.29 is 9.90 Å². The smallest absolute Gasteiger partial charge is 0.337 e. The number of likely N-dealkylation sites (tertiary alicyclic amines) is 1. The molecule has 1 aromatic heterocycles. The molecule has 0 amide bonds. The number of benzene rings is 1. The predicted molar refractivity (Wildman–Crippen MR) is 67.8 cm³/mol. The summed E-state index contributed by atoms with van der Waals surface area (Å²) >= 11 is 0.